The van der Waals surface area contributed by atoms with Gasteiger partial charge >= 0.3 is 0 Å². The molecule has 4 nitrogen and oxygen atoms in total. The normalized spacial score (nSPS) is 57.1. The van der Waals surface area contributed by atoms with Gasteiger partial charge in [0.2, 0.25) is 0 Å². The van der Waals surface area contributed by atoms with Gasteiger partial charge in [0.05, 0.1) is 12.0 Å². The fourth-order valence-corrected chi connectivity index (χ4v) is 7.46. The fraction of sp³-hybridized carbons (Fsp3) is 0.842. The lowest BCUT2D eigenvalue weighted by atomic mass is 9.35. The van der Waals surface area contributed by atoms with Gasteiger partial charge in [0, 0.05) is 42.3 Å². The van der Waals surface area contributed by atoms with Gasteiger partial charge in [-0.05, 0) is 37.0 Å². The van der Waals surface area contributed by atoms with E-state index >= 15 is 0 Å². The number of Topliss-reactive ketones (excluding diaryl/α,β-unsaturated/α-hetero) is 2. The number of aliphatic hydroxyl groups excluding tert-OH is 1. The molecular weight excluding hydrogens is 290 g/mol. The average Bonchev–Trinajstić information content (AvgIpc) is 2.48. The Hall–Kier alpha value is -1.03. The van der Waals surface area contributed by atoms with E-state index in [1.54, 1.807) is 0 Å². The second-order valence-electron chi connectivity index (χ2n) is 9.18. The summed E-state index contributed by atoms with van der Waals surface area (Å²) in [5.41, 5.74) is -0.542. The highest BCUT2D eigenvalue weighted by atomic mass is 16.3. The van der Waals surface area contributed by atoms with Crippen molar-refractivity contribution in [3.63, 3.8) is 0 Å². The number of aliphatic imine (C=N–C) groups is 1. The molecule has 1 aliphatic heterocycles. The summed E-state index contributed by atoms with van der Waals surface area (Å²) in [4.78, 5) is 30.0. The molecule has 1 N–H and O–H groups in total. The Kier molecular flexibility index (Phi) is 2.58. The number of rotatable bonds is 0. The minimum Gasteiger partial charge on any atom is -0.392 e. The lowest BCUT2D eigenvalue weighted by Gasteiger charge is -2.68. The van der Waals surface area contributed by atoms with Crippen LogP contribution < -0.4 is 0 Å². The van der Waals surface area contributed by atoms with Crippen molar-refractivity contribution in [3.05, 3.63) is 0 Å². The zero-order chi connectivity index (χ0) is 16.0. The quantitative estimate of drug-likeness (QED) is 0.745. The maximum atomic E-state index is 12.9. The van der Waals surface area contributed by atoms with Crippen LogP contribution >= 0.6 is 0 Å². The van der Waals surface area contributed by atoms with Gasteiger partial charge in [-0.3, -0.25) is 14.6 Å². The van der Waals surface area contributed by atoms with Crippen LogP contribution in [0.5, 0.6) is 0 Å². The zero-order valence-electron chi connectivity index (χ0n) is 13.8. The number of nitrogens with zero attached hydrogens (tertiary/aromatic N) is 1. The Balaban J connectivity index is 1.71. The molecular formula is C19H25NO3. The van der Waals surface area contributed by atoms with Crippen molar-refractivity contribution < 1.29 is 14.7 Å². The van der Waals surface area contributed by atoms with E-state index < -0.39 is 17.4 Å². The number of carbonyl (C=O) groups excluding carboxylic acids is 2. The summed E-state index contributed by atoms with van der Waals surface area (Å²) in [6.45, 7) is 3.23. The second kappa shape index (κ2) is 4.14. The smallest absolute Gasteiger partial charge is 0.140 e. The van der Waals surface area contributed by atoms with Crippen molar-refractivity contribution in [1.29, 1.82) is 0 Å². The number of aliphatic hydroxyl groups is 1. The SMILES string of the molecule is C[C@]12CCCC3(C=NC1)C1C(O)[C@@H]4CC(=O)[C@@]1(CC[C@@H]32)CC4=O. The Morgan fingerprint density at radius 3 is 2.91 bits per heavy atom. The highest BCUT2D eigenvalue weighted by molar-refractivity contribution is 6.01. The highest BCUT2D eigenvalue weighted by Crippen LogP contribution is 2.70. The number of ketones is 2. The van der Waals surface area contributed by atoms with Crippen molar-refractivity contribution in [2.24, 2.45) is 39.0 Å². The van der Waals surface area contributed by atoms with Crippen LogP contribution in [0.4, 0.5) is 0 Å². The molecule has 4 heteroatoms. The van der Waals surface area contributed by atoms with E-state index in [4.69, 9.17) is 4.99 Å². The van der Waals surface area contributed by atoms with Crippen LogP contribution in [0, 0.1) is 34.0 Å². The van der Waals surface area contributed by atoms with Crippen molar-refractivity contribution in [2.75, 3.05) is 6.54 Å². The van der Waals surface area contributed by atoms with Crippen LogP contribution in [0.2, 0.25) is 0 Å². The standard InChI is InChI=1S/C19H25NO3/c1-17-4-2-5-19(10-20-9-17)13(17)3-6-18-8-12(21)11(7-14(18)22)15(23)16(18)19/h10-11,13,15-16,23H,2-9H2,1H3/t11-,13-,15?,16?,17+,18-,19?/m1/s1. The minimum absolute atomic E-state index is 0.0821. The molecule has 0 aromatic heterocycles. The van der Waals surface area contributed by atoms with Crippen LogP contribution in [0.25, 0.3) is 0 Å². The lowest BCUT2D eigenvalue weighted by Crippen LogP contribution is -2.71. The molecule has 0 radical (unpaired) electrons. The van der Waals surface area contributed by atoms with E-state index in [1.807, 2.05) is 0 Å². The average molecular weight is 315 g/mol. The molecule has 1 spiro atoms. The first kappa shape index (κ1) is 14.3. The molecule has 6 rings (SSSR count). The minimum atomic E-state index is -0.649. The molecule has 3 unspecified atom stereocenters. The van der Waals surface area contributed by atoms with Crippen LogP contribution in [0.15, 0.2) is 4.99 Å². The molecule has 5 saturated carbocycles. The molecule has 0 aromatic carbocycles. The first-order chi connectivity index (χ1) is 10.9. The Morgan fingerprint density at radius 2 is 2.09 bits per heavy atom. The van der Waals surface area contributed by atoms with Crippen LogP contribution in [0.3, 0.4) is 0 Å². The van der Waals surface area contributed by atoms with Gasteiger partial charge in [0.1, 0.15) is 11.6 Å². The molecule has 1 heterocycles. The Bertz CT molecular complexity index is 643. The van der Waals surface area contributed by atoms with Gasteiger partial charge in [0.15, 0.2) is 0 Å². The van der Waals surface area contributed by atoms with E-state index in [0.717, 1.165) is 32.2 Å². The van der Waals surface area contributed by atoms with E-state index in [0.29, 0.717) is 12.3 Å². The first-order valence-corrected chi connectivity index (χ1v) is 9.18. The molecule has 0 aromatic rings. The monoisotopic (exact) mass is 315 g/mol. The van der Waals surface area contributed by atoms with Crippen molar-refractivity contribution in [3.8, 4) is 0 Å². The third-order valence-corrected chi connectivity index (χ3v) is 8.30. The third kappa shape index (κ3) is 1.46. The molecule has 23 heavy (non-hydrogen) atoms. The summed E-state index contributed by atoms with van der Waals surface area (Å²) < 4.78 is 0. The summed E-state index contributed by atoms with van der Waals surface area (Å²) in [5.74, 6) is 0.340. The van der Waals surface area contributed by atoms with Crippen LogP contribution in [-0.4, -0.2) is 35.5 Å². The van der Waals surface area contributed by atoms with E-state index in [-0.39, 0.29) is 34.7 Å². The van der Waals surface area contributed by atoms with E-state index in [9.17, 15) is 14.7 Å². The number of hydrogen-bond acceptors (Lipinski definition) is 4. The summed E-state index contributed by atoms with van der Waals surface area (Å²) in [6.07, 6.45) is 7.28. The third-order valence-electron chi connectivity index (χ3n) is 8.30. The topological polar surface area (TPSA) is 66.7 Å². The summed E-state index contributed by atoms with van der Waals surface area (Å²) in [6, 6.07) is 0. The lowest BCUT2D eigenvalue weighted by molar-refractivity contribution is -0.207. The predicted octanol–water partition coefficient (Wildman–Crippen LogP) is 2.18. The molecule has 5 aliphatic carbocycles. The molecule has 0 saturated heterocycles. The molecule has 4 bridgehead atoms. The molecule has 6 aliphatic rings. The molecule has 5 fully saturated rings. The molecule has 0 amide bonds. The fourth-order valence-electron chi connectivity index (χ4n) is 7.46. The Morgan fingerprint density at radius 1 is 1.26 bits per heavy atom. The maximum absolute atomic E-state index is 12.9. The Labute approximate surface area is 136 Å². The van der Waals surface area contributed by atoms with Gasteiger partial charge in [-0.25, -0.2) is 0 Å². The zero-order valence-corrected chi connectivity index (χ0v) is 13.8. The van der Waals surface area contributed by atoms with Gasteiger partial charge in [0.25, 0.3) is 0 Å². The van der Waals surface area contributed by atoms with Gasteiger partial charge in [-0.15, -0.1) is 0 Å². The van der Waals surface area contributed by atoms with Crippen LogP contribution in [0.1, 0.15) is 51.9 Å². The van der Waals surface area contributed by atoms with Gasteiger partial charge in [-0.1, -0.05) is 13.3 Å². The number of fused-ring (bicyclic) bond motifs is 2. The van der Waals surface area contributed by atoms with Gasteiger partial charge < -0.3 is 5.11 Å². The largest absolute Gasteiger partial charge is 0.392 e. The molecule has 124 valence electrons. The van der Waals surface area contributed by atoms with Gasteiger partial charge in [-0.2, -0.15) is 0 Å². The summed E-state index contributed by atoms with van der Waals surface area (Å²) >= 11 is 0. The van der Waals surface area contributed by atoms with E-state index in [2.05, 4.69) is 13.1 Å². The van der Waals surface area contributed by atoms with Crippen molar-refractivity contribution >= 4 is 17.8 Å². The first-order valence-electron chi connectivity index (χ1n) is 9.18. The van der Waals surface area contributed by atoms with Crippen LogP contribution in [-0.2, 0) is 9.59 Å². The highest BCUT2D eigenvalue weighted by Gasteiger charge is 2.72. The summed E-state index contributed by atoms with van der Waals surface area (Å²) in [7, 11) is 0. The van der Waals surface area contributed by atoms with Crippen molar-refractivity contribution in [2.45, 2.75) is 58.0 Å². The number of hydrogen-bond donors (Lipinski definition) is 1. The van der Waals surface area contributed by atoms with E-state index in [1.165, 1.54) is 6.42 Å². The number of carbonyl (C=O) groups is 2. The van der Waals surface area contributed by atoms with Crippen molar-refractivity contribution in [1.82, 2.24) is 0 Å². The second-order valence-corrected chi connectivity index (χ2v) is 9.18. The predicted molar refractivity (Wildman–Crippen MR) is 85.1 cm³/mol. The maximum Gasteiger partial charge on any atom is 0.140 e. The molecule has 7 atom stereocenters. The summed E-state index contributed by atoms with van der Waals surface area (Å²) in [5, 5.41) is 11.1.